The number of nitrogens with zero attached hydrogens (tertiary/aromatic N) is 4. The number of thioether (sulfide) groups is 1. The Labute approximate surface area is 135 Å². The van der Waals surface area contributed by atoms with Crippen LogP contribution in [0.15, 0.2) is 41.4 Å². The number of carbonyl (C=O) groups is 1. The van der Waals surface area contributed by atoms with Crippen LogP contribution in [0.5, 0.6) is 0 Å². The molecule has 0 bridgehead atoms. The Morgan fingerprint density at radius 2 is 2.00 bits per heavy atom. The molecule has 8 heteroatoms. The van der Waals surface area contributed by atoms with Crippen LogP contribution in [-0.4, -0.2) is 31.0 Å². The normalized spacial score (nSPS) is 12.4. The zero-order valence-electron chi connectivity index (χ0n) is 12.1. The van der Waals surface area contributed by atoms with Crippen molar-refractivity contribution in [2.24, 2.45) is 0 Å². The van der Waals surface area contributed by atoms with Gasteiger partial charge in [-0.05, 0) is 42.8 Å². The van der Waals surface area contributed by atoms with Crippen molar-refractivity contribution in [3.8, 4) is 11.4 Å². The van der Waals surface area contributed by atoms with E-state index in [2.05, 4.69) is 15.3 Å². The molecule has 23 heavy (non-hydrogen) atoms. The molecule has 0 unspecified atom stereocenters. The molecular weight excluding hydrogens is 319 g/mol. The number of rotatable bonds is 5. The average Bonchev–Trinajstić information content (AvgIpc) is 2.96. The molecule has 0 aliphatic carbocycles. The van der Waals surface area contributed by atoms with E-state index in [1.807, 2.05) is 0 Å². The molecule has 3 aromatic rings. The van der Waals surface area contributed by atoms with E-state index < -0.39 is 11.2 Å². The van der Waals surface area contributed by atoms with Gasteiger partial charge in [0, 0.05) is 5.56 Å². The molecule has 6 nitrogen and oxygen atoms in total. The Bertz CT molecular complexity index is 850. The molecule has 2 heterocycles. The monoisotopic (exact) mass is 331 g/mol. The summed E-state index contributed by atoms with van der Waals surface area (Å²) in [5.41, 5.74) is 1.19. The number of carboxylic acid groups (broad SMARTS) is 1. The summed E-state index contributed by atoms with van der Waals surface area (Å²) in [5.74, 6) is -1.00. The first kappa shape index (κ1) is 15.4. The molecule has 0 aliphatic heterocycles. The van der Waals surface area contributed by atoms with E-state index in [4.69, 9.17) is 0 Å². The fourth-order valence-corrected chi connectivity index (χ4v) is 2.89. The van der Waals surface area contributed by atoms with Gasteiger partial charge in [-0.25, -0.2) is 4.39 Å². The molecule has 0 spiro atoms. The summed E-state index contributed by atoms with van der Waals surface area (Å²) < 4.78 is 14.6. The second-order valence-electron chi connectivity index (χ2n) is 4.81. The van der Waals surface area contributed by atoms with Crippen molar-refractivity contribution in [1.82, 2.24) is 19.8 Å². The van der Waals surface area contributed by atoms with Gasteiger partial charge in [-0.15, -0.1) is 10.2 Å². The van der Waals surface area contributed by atoms with Gasteiger partial charge in [-0.3, -0.25) is 0 Å². The van der Waals surface area contributed by atoms with Crippen molar-refractivity contribution in [3.05, 3.63) is 42.2 Å². The molecule has 0 saturated carbocycles. The Balaban J connectivity index is 2.00. The smallest absolute Gasteiger partial charge is 0.185 e. The Kier molecular flexibility index (Phi) is 4.24. The lowest BCUT2D eigenvalue weighted by molar-refractivity contribution is -0.304. The van der Waals surface area contributed by atoms with Crippen LogP contribution in [0.3, 0.4) is 0 Å². The Morgan fingerprint density at radius 1 is 1.26 bits per heavy atom. The van der Waals surface area contributed by atoms with E-state index in [0.717, 1.165) is 11.8 Å². The zero-order valence-corrected chi connectivity index (χ0v) is 13.0. The van der Waals surface area contributed by atoms with E-state index in [1.54, 1.807) is 31.2 Å². The summed E-state index contributed by atoms with van der Waals surface area (Å²) in [7, 11) is 0. The first-order valence-corrected chi connectivity index (χ1v) is 7.82. The summed E-state index contributed by atoms with van der Waals surface area (Å²) in [5, 5.41) is 23.3. The van der Waals surface area contributed by atoms with E-state index >= 15 is 0 Å². The van der Waals surface area contributed by atoms with Gasteiger partial charge in [-0.2, -0.15) is 9.61 Å². The van der Waals surface area contributed by atoms with Gasteiger partial charge in [0.2, 0.25) is 0 Å². The number of hydrogen-bond donors (Lipinski definition) is 0. The fraction of sp³-hybridized carbons (Fsp3) is 0.200. The largest absolute Gasteiger partial charge is 0.549 e. The fourth-order valence-electron chi connectivity index (χ4n) is 2.06. The molecule has 118 valence electrons. The van der Waals surface area contributed by atoms with Crippen LogP contribution >= 0.6 is 11.8 Å². The number of carboxylic acids is 1. The number of aliphatic carboxylic acids is 1. The van der Waals surface area contributed by atoms with Crippen LogP contribution < -0.4 is 5.11 Å². The van der Waals surface area contributed by atoms with Crippen LogP contribution in [0.25, 0.3) is 17.0 Å². The summed E-state index contributed by atoms with van der Waals surface area (Å²) in [6.45, 7) is 1.77. The summed E-state index contributed by atoms with van der Waals surface area (Å²) in [4.78, 5) is 11.0. The highest BCUT2D eigenvalue weighted by atomic mass is 32.2. The van der Waals surface area contributed by atoms with Crippen molar-refractivity contribution in [3.63, 3.8) is 0 Å². The maximum absolute atomic E-state index is 13.0. The Hall–Kier alpha value is -2.48. The van der Waals surface area contributed by atoms with Crippen LogP contribution in [0.4, 0.5) is 4.39 Å². The molecule has 2 aromatic heterocycles. The number of carbonyl (C=O) groups excluding carboxylic acids is 1. The first-order chi connectivity index (χ1) is 11.1. The van der Waals surface area contributed by atoms with Crippen molar-refractivity contribution in [2.75, 3.05) is 0 Å². The SMILES string of the molecule is CC[C@@H](Sc1ccc2nnc(-c3ccc(F)cc3)n2n1)C(=O)[O-]. The summed E-state index contributed by atoms with van der Waals surface area (Å²) in [6, 6.07) is 9.23. The lowest BCUT2D eigenvalue weighted by Crippen LogP contribution is -2.33. The summed E-state index contributed by atoms with van der Waals surface area (Å²) >= 11 is 1.11. The predicted molar refractivity (Wildman–Crippen MR) is 81.1 cm³/mol. The molecule has 1 aromatic carbocycles. The molecule has 0 radical (unpaired) electrons. The highest BCUT2D eigenvalue weighted by Crippen LogP contribution is 2.25. The minimum Gasteiger partial charge on any atom is -0.549 e. The zero-order chi connectivity index (χ0) is 16.4. The van der Waals surface area contributed by atoms with Gasteiger partial charge in [0.1, 0.15) is 10.8 Å². The third kappa shape index (κ3) is 3.16. The van der Waals surface area contributed by atoms with E-state index in [1.165, 1.54) is 16.6 Å². The molecule has 0 aliphatic rings. The maximum Gasteiger partial charge on any atom is 0.185 e. The highest BCUT2D eigenvalue weighted by molar-refractivity contribution is 8.00. The van der Waals surface area contributed by atoms with Gasteiger partial charge in [0.15, 0.2) is 11.5 Å². The lowest BCUT2D eigenvalue weighted by atomic mass is 10.2. The third-order valence-electron chi connectivity index (χ3n) is 3.24. The van der Waals surface area contributed by atoms with Crippen LogP contribution in [0, 0.1) is 5.82 Å². The minimum absolute atomic E-state index is 0.341. The maximum atomic E-state index is 13.0. The first-order valence-electron chi connectivity index (χ1n) is 6.94. The average molecular weight is 331 g/mol. The second kappa shape index (κ2) is 6.33. The molecule has 0 saturated heterocycles. The minimum atomic E-state index is -1.12. The van der Waals surface area contributed by atoms with Crippen molar-refractivity contribution in [1.29, 1.82) is 0 Å². The number of hydrogen-bond acceptors (Lipinski definition) is 6. The van der Waals surface area contributed by atoms with Crippen LogP contribution in [-0.2, 0) is 4.79 Å². The van der Waals surface area contributed by atoms with E-state index in [-0.39, 0.29) is 5.82 Å². The van der Waals surface area contributed by atoms with Crippen molar-refractivity contribution >= 4 is 23.4 Å². The second-order valence-corrected chi connectivity index (χ2v) is 6.03. The molecule has 0 N–H and O–H groups in total. The van der Waals surface area contributed by atoms with E-state index in [0.29, 0.717) is 28.5 Å². The number of benzene rings is 1. The number of aromatic nitrogens is 4. The standard InChI is InChI=1S/C15H13FN4O2S/c1-2-11(15(21)22)23-13-8-7-12-17-18-14(20(12)19-13)9-3-5-10(16)6-4-9/h3-8,11H,2H2,1H3,(H,21,22)/p-1/t11-/m1/s1. The molecule has 3 rings (SSSR count). The quantitative estimate of drug-likeness (QED) is 0.660. The third-order valence-corrected chi connectivity index (χ3v) is 4.51. The van der Waals surface area contributed by atoms with Gasteiger partial charge in [-0.1, -0.05) is 18.7 Å². The molecule has 1 atom stereocenters. The summed E-state index contributed by atoms with van der Waals surface area (Å²) in [6.07, 6.45) is 0.430. The van der Waals surface area contributed by atoms with Crippen molar-refractivity contribution < 1.29 is 14.3 Å². The van der Waals surface area contributed by atoms with Gasteiger partial charge in [0.25, 0.3) is 0 Å². The predicted octanol–water partition coefficient (Wildman–Crippen LogP) is 1.55. The van der Waals surface area contributed by atoms with Crippen LogP contribution in [0.2, 0.25) is 0 Å². The molecule has 0 amide bonds. The van der Waals surface area contributed by atoms with Gasteiger partial charge < -0.3 is 9.90 Å². The number of fused-ring (bicyclic) bond motifs is 1. The Morgan fingerprint density at radius 3 is 2.65 bits per heavy atom. The highest BCUT2D eigenvalue weighted by Gasteiger charge is 2.14. The molecular formula is C15H12FN4O2S-. The number of halogens is 1. The van der Waals surface area contributed by atoms with Gasteiger partial charge >= 0.3 is 0 Å². The van der Waals surface area contributed by atoms with Crippen molar-refractivity contribution in [2.45, 2.75) is 23.6 Å². The van der Waals surface area contributed by atoms with Gasteiger partial charge in [0.05, 0.1) is 11.2 Å². The molecule has 0 fully saturated rings. The topological polar surface area (TPSA) is 83.2 Å². The lowest BCUT2D eigenvalue weighted by Gasteiger charge is -2.14. The van der Waals surface area contributed by atoms with Crippen LogP contribution in [0.1, 0.15) is 13.3 Å². The van der Waals surface area contributed by atoms with E-state index in [9.17, 15) is 14.3 Å².